The lowest BCUT2D eigenvalue weighted by atomic mass is 10.1. The molecule has 0 bridgehead atoms. The zero-order chi connectivity index (χ0) is 11.5. The van der Waals surface area contributed by atoms with Crippen LogP contribution in [0.1, 0.15) is 18.4 Å². The van der Waals surface area contributed by atoms with Gasteiger partial charge in [-0.1, -0.05) is 23.2 Å². The van der Waals surface area contributed by atoms with E-state index < -0.39 is 0 Å². The molecule has 1 aliphatic heterocycles. The Morgan fingerprint density at radius 2 is 2.06 bits per heavy atom. The van der Waals surface area contributed by atoms with Gasteiger partial charge in [0.15, 0.2) is 0 Å². The van der Waals surface area contributed by atoms with Gasteiger partial charge in [0.1, 0.15) is 5.15 Å². The van der Waals surface area contributed by atoms with Gasteiger partial charge in [0, 0.05) is 36.4 Å². The van der Waals surface area contributed by atoms with Gasteiger partial charge in [-0.3, -0.25) is 4.90 Å². The van der Waals surface area contributed by atoms with Crippen LogP contribution in [0.4, 0.5) is 0 Å². The van der Waals surface area contributed by atoms with Gasteiger partial charge >= 0.3 is 0 Å². The maximum absolute atomic E-state index is 9.40. The van der Waals surface area contributed by atoms with Crippen molar-refractivity contribution in [1.29, 1.82) is 0 Å². The van der Waals surface area contributed by atoms with E-state index in [1.165, 1.54) is 0 Å². The first-order chi connectivity index (χ1) is 7.65. The highest BCUT2D eigenvalue weighted by Crippen LogP contribution is 2.21. The SMILES string of the molecule is OC1CCN(Cc2cnc(Cl)cc2Cl)CC1. The molecule has 1 aromatic heterocycles. The summed E-state index contributed by atoms with van der Waals surface area (Å²) in [7, 11) is 0. The zero-order valence-corrected chi connectivity index (χ0v) is 10.4. The molecule has 1 N–H and O–H groups in total. The van der Waals surface area contributed by atoms with Crippen molar-refractivity contribution in [1.82, 2.24) is 9.88 Å². The number of hydrogen-bond acceptors (Lipinski definition) is 3. The highest BCUT2D eigenvalue weighted by molar-refractivity contribution is 6.34. The summed E-state index contributed by atoms with van der Waals surface area (Å²) < 4.78 is 0. The third kappa shape index (κ3) is 3.08. The molecule has 2 heterocycles. The predicted octanol–water partition coefficient (Wildman–Crippen LogP) is 2.35. The summed E-state index contributed by atoms with van der Waals surface area (Å²) >= 11 is 11.8. The first-order valence-corrected chi connectivity index (χ1v) is 6.11. The highest BCUT2D eigenvalue weighted by atomic mass is 35.5. The van der Waals surface area contributed by atoms with E-state index in [-0.39, 0.29) is 6.10 Å². The molecule has 88 valence electrons. The molecule has 1 aromatic rings. The van der Waals surface area contributed by atoms with E-state index in [4.69, 9.17) is 23.2 Å². The molecule has 16 heavy (non-hydrogen) atoms. The summed E-state index contributed by atoms with van der Waals surface area (Å²) in [4.78, 5) is 6.29. The van der Waals surface area contributed by atoms with Crippen molar-refractivity contribution in [3.8, 4) is 0 Å². The third-order valence-electron chi connectivity index (χ3n) is 2.85. The number of pyridine rings is 1. The Labute approximate surface area is 105 Å². The molecule has 0 atom stereocenters. The monoisotopic (exact) mass is 260 g/mol. The number of nitrogens with zero attached hydrogens (tertiary/aromatic N) is 2. The number of aliphatic hydroxyl groups excluding tert-OH is 1. The normalized spacial score (nSPS) is 18.9. The van der Waals surface area contributed by atoms with Gasteiger partial charge < -0.3 is 5.11 Å². The largest absolute Gasteiger partial charge is 0.393 e. The highest BCUT2D eigenvalue weighted by Gasteiger charge is 2.17. The van der Waals surface area contributed by atoms with Crippen molar-refractivity contribution < 1.29 is 5.11 Å². The van der Waals surface area contributed by atoms with Crippen molar-refractivity contribution in [2.75, 3.05) is 13.1 Å². The van der Waals surface area contributed by atoms with E-state index in [1.807, 2.05) is 0 Å². The summed E-state index contributed by atoms with van der Waals surface area (Å²) in [6.07, 6.45) is 3.24. The molecule has 0 spiro atoms. The molecule has 5 heteroatoms. The maximum Gasteiger partial charge on any atom is 0.130 e. The van der Waals surface area contributed by atoms with Crippen LogP contribution in [0.2, 0.25) is 10.2 Å². The van der Waals surface area contributed by atoms with Gasteiger partial charge in [0.2, 0.25) is 0 Å². The minimum atomic E-state index is -0.143. The van der Waals surface area contributed by atoms with Crippen molar-refractivity contribution in [2.45, 2.75) is 25.5 Å². The van der Waals surface area contributed by atoms with Gasteiger partial charge in [0.25, 0.3) is 0 Å². The van der Waals surface area contributed by atoms with E-state index >= 15 is 0 Å². The lowest BCUT2D eigenvalue weighted by Crippen LogP contribution is -2.35. The molecule has 0 aromatic carbocycles. The maximum atomic E-state index is 9.40. The second-order valence-electron chi connectivity index (χ2n) is 4.11. The second kappa shape index (κ2) is 5.32. The van der Waals surface area contributed by atoms with Gasteiger partial charge in [0.05, 0.1) is 6.10 Å². The van der Waals surface area contributed by atoms with Gasteiger partial charge in [-0.05, 0) is 18.9 Å². The van der Waals surface area contributed by atoms with E-state index in [0.29, 0.717) is 10.2 Å². The lowest BCUT2D eigenvalue weighted by Gasteiger charge is -2.29. The average molecular weight is 261 g/mol. The summed E-state index contributed by atoms with van der Waals surface area (Å²) in [6.45, 7) is 2.58. The summed E-state index contributed by atoms with van der Waals surface area (Å²) in [5.74, 6) is 0. The second-order valence-corrected chi connectivity index (χ2v) is 4.90. The minimum absolute atomic E-state index is 0.143. The number of hydrogen-bond donors (Lipinski definition) is 1. The van der Waals surface area contributed by atoms with E-state index in [1.54, 1.807) is 12.3 Å². The van der Waals surface area contributed by atoms with Crippen LogP contribution < -0.4 is 0 Å². The Kier molecular flexibility index (Phi) is 4.03. The molecule has 0 unspecified atom stereocenters. The van der Waals surface area contributed by atoms with Crippen LogP contribution in [0.3, 0.4) is 0 Å². The topological polar surface area (TPSA) is 36.4 Å². The quantitative estimate of drug-likeness (QED) is 0.830. The average Bonchev–Trinajstić information content (AvgIpc) is 2.25. The Hall–Kier alpha value is -0.350. The number of aromatic nitrogens is 1. The van der Waals surface area contributed by atoms with Crippen molar-refractivity contribution in [2.24, 2.45) is 0 Å². The van der Waals surface area contributed by atoms with Gasteiger partial charge in [-0.25, -0.2) is 4.98 Å². The van der Waals surface area contributed by atoms with E-state index in [2.05, 4.69) is 9.88 Å². The van der Waals surface area contributed by atoms with Gasteiger partial charge in [-0.2, -0.15) is 0 Å². The molecule has 0 radical (unpaired) electrons. The first-order valence-electron chi connectivity index (χ1n) is 5.35. The number of likely N-dealkylation sites (tertiary alicyclic amines) is 1. The van der Waals surface area contributed by atoms with Crippen LogP contribution in [0.25, 0.3) is 0 Å². The number of piperidine rings is 1. The number of halogens is 2. The van der Waals surface area contributed by atoms with Crippen LogP contribution in [-0.2, 0) is 6.54 Å². The Morgan fingerprint density at radius 3 is 2.69 bits per heavy atom. The summed E-state index contributed by atoms with van der Waals surface area (Å²) in [6, 6.07) is 1.66. The molecule has 0 aliphatic carbocycles. The van der Waals surface area contributed by atoms with Crippen LogP contribution in [0, 0.1) is 0 Å². The third-order valence-corrected chi connectivity index (χ3v) is 3.41. The first kappa shape index (κ1) is 12.1. The molecule has 1 aliphatic rings. The number of rotatable bonds is 2. The van der Waals surface area contributed by atoms with Crippen molar-refractivity contribution >= 4 is 23.2 Å². The van der Waals surface area contributed by atoms with Crippen LogP contribution >= 0.6 is 23.2 Å². The Balaban J connectivity index is 1.98. The Bertz CT molecular complexity index is 365. The molecule has 3 nitrogen and oxygen atoms in total. The van der Waals surface area contributed by atoms with Crippen molar-refractivity contribution in [3.63, 3.8) is 0 Å². The van der Waals surface area contributed by atoms with E-state index in [9.17, 15) is 5.11 Å². The molecule has 0 saturated carbocycles. The molecule has 0 amide bonds. The minimum Gasteiger partial charge on any atom is -0.393 e. The van der Waals surface area contributed by atoms with Gasteiger partial charge in [-0.15, -0.1) is 0 Å². The molecular weight excluding hydrogens is 247 g/mol. The fourth-order valence-electron chi connectivity index (χ4n) is 1.87. The number of aliphatic hydroxyl groups is 1. The van der Waals surface area contributed by atoms with Crippen LogP contribution in [0.5, 0.6) is 0 Å². The van der Waals surface area contributed by atoms with Crippen molar-refractivity contribution in [3.05, 3.63) is 28.0 Å². The lowest BCUT2D eigenvalue weighted by molar-refractivity contribution is 0.0792. The Morgan fingerprint density at radius 1 is 1.38 bits per heavy atom. The zero-order valence-electron chi connectivity index (χ0n) is 8.87. The molecule has 1 saturated heterocycles. The molecular formula is C11H14Cl2N2O. The molecule has 1 fully saturated rings. The van der Waals surface area contributed by atoms with Crippen LogP contribution in [0.15, 0.2) is 12.3 Å². The fraction of sp³-hybridized carbons (Fsp3) is 0.545. The standard InChI is InChI=1S/C11H14Cl2N2O/c12-10-5-11(13)14-6-8(10)7-15-3-1-9(16)2-4-15/h5-6,9,16H,1-4,7H2. The smallest absolute Gasteiger partial charge is 0.130 e. The fourth-order valence-corrected chi connectivity index (χ4v) is 2.30. The summed E-state index contributed by atoms with van der Waals surface area (Å²) in [5, 5.41) is 10.5. The summed E-state index contributed by atoms with van der Waals surface area (Å²) in [5.41, 5.74) is 0.988. The van der Waals surface area contributed by atoms with Crippen LogP contribution in [-0.4, -0.2) is 34.2 Å². The molecule has 2 rings (SSSR count). The predicted molar refractivity (Wildman–Crippen MR) is 64.8 cm³/mol. The van der Waals surface area contributed by atoms with E-state index in [0.717, 1.165) is 38.0 Å².